The molecule has 7 heteroatoms. The van der Waals surface area contributed by atoms with Crippen molar-refractivity contribution in [1.29, 1.82) is 0 Å². The lowest BCUT2D eigenvalue weighted by molar-refractivity contribution is -0.126. The van der Waals surface area contributed by atoms with Gasteiger partial charge in [-0.25, -0.2) is 9.29 Å². The van der Waals surface area contributed by atoms with Gasteiger partial charge < -0.3 is 9.57 Å². The lowest BCUT2D eigenvalue weighted by atomic mass is 9.94. The molecule has 0 unspecified atom stereocenters. The molecule has 126 valence electrons. The molecule has 2 aromatic rings. The minimum Gasteiger partial charge on any atom is -0.497 e. The van der Waals surface area contributed by atoms with Crippen LogP contribution in [0.2, 0.25) is 0 Å². The second-order valence-electron chi connectivity index (χ2n) is 5.70. The molecule has 0 radical (unpaired) electrons. The smallest absolute Gasteiger partial charge is 0.278 e. The summed E-state index contributed by atoms with van der Waals surface area (Å²) in [5, 5.41) is 3.88. The van der Waals surface area contributed by atoms with E-state index in [1.54, 1.807) is 24.3 Å². The number of hydrogen-bond acceptors (Lipinski definition) is 5. The number of carbonyl (C=O) groups is 2. The molecule has 1 fully saturated rings. The van der Waals surface area contributed by atoms with Gasteiger partial charge in [0.05, 0.1) is 12.8 Å². The fourth-order valence-corrected chi connectivity index (χ4v) is 3.02. The molecular weight excluding hydrogens is 327 g/mol. The normalized spacial score (nSPS) is 21.8. The Kier molecular flexibility index (Phi) is 3.49. The van der Waals surface area contributed by atoms with Gasteiger partial charge in [-0.2, -0.15) is 0 Å². The lowest BCUT2D eigenvalue weighted by Crippen LogP contribution is -2.33. The van der Waals surface area contributed by atoms with Crippen LogP contribution in [0.1, 0.15) is 5.56 Å². The van der Waals surface area contributed by atoms with Crippen LogP contribution in [0.4, 0.5) is 10.1 Å². The summed E-state index contributed by atoms with van der Waals surface area (Å²) in [5.74, 6) is -1.50. The third-order valence-electron chi connectivity index (χ3n) is 4.28. The predicted molar refractivity (Wildman–Crippen MR) is 86.8 cm³/mol. The maximum Gasteiger partial charge on any atom is 0.278 e. The monoisotopic (exact) mass is 340 g/mol. The molecule has 2 aliphatic heterocycles. The maximum atomic E-state index is 13.1. The van der Waals surface area contributed by atoms with Crippen LogP contribution < -0.4 is 9.64 Å². The molecule has 2 amide bonds. The number of oxime groups is 1. The first-order valence-electron chi connectivity index (χ1n) is 7.61. The summed E-state index contributed by atoms with van der Waals surface area (Å²) in [6.45, 7) is 0. The van der Waals surface area contributed by atoms with Crippen LogP contribution in [-0.2, 0) is 14.4 Å². The Morgan fingerprint density at radius 3 is 2.36 bits per heavy atom. The van der Waals surface area contributed by atoms with Crippen molar-refractivity contribution >= 4 is 23.2 Å². The molecule has 2 aromatic carbocycles. The first-order valence-corrected chi connectivity index (χ1v) is 7.61. The minimum atomic E-state index is -0.991. The first-order chi connectivity index (χ1) is 12.1. The number of amides is 2. The molecule has 2 atom stereocenters. The van der Waals surface area contributed by atoms with Crippen LogP contribution in [0, 0.1) is 11.7 Å². The van der Waals surface area contributed by atoms with Gasteiger partial charge >= 0.3 is 0 Å². The SMILES string of the molecule is COc1ccc(N2C(=O)[C@@H]3C(c4ccc(F)cc4)=NO[C@@H]3C2=O)cc1. The molecule has 0 saturated carbocycles. The predicted octanol–water partition coefficient (Wildman–Crippen LogP) is 2.13. The zero-order valence-electron chi connectivity index (χ0n) is 13.2. The maximum absolute atomic E-state index is 13.1. The van der Waals surface area contributed by atoms with Crippen molar-refractivity contribution in [2.75, 3.05) is 12.0 Å². The van der Waals surface area contributed by atoms with Crippen LogP contribution in [0.3, 0.4) is 0 Å². The van der Waals surface area contributed by atoms with Gasteiger partial charge in [-0.1, -0.05) is 17.3 Å². The van der Waals surface area contributed by atoms with Crippen molar-refractivity contribution in [2.24, 2.45) is 11.1 Å². The number of hydrogen-bond donors (Lipinski definition) is 0. The van der Waals surface area contributed by atoms with Crippen LogP contribution in [0.25, 0.3) is 0 Å². The van der Waals surface area contributed by atoms with Gasteiger partial charge in [-0.05, 0) is 36.4 Å². The van der Waals surface area contributed by atoms with E-state index in [1.807, 2.05) is 0 Å². The topological polar surface area (TPSA) is 68.2 Å². The highest BCUT2D eigenvalue weighted by atomic mass is 19.1. The summed E-state index contributed by atoms with van der Waals surface area (Å²) < 4.78 is 18.2. The number of anilines is 1. The molecule has 2 aliphatic rings. The van der Waals surface area contributed by atoms with E-state index in [4.69, 9.17) is 9.57 Å². The zero-order valence-corrected chi connectivity index (χ0v) is 13.2. The van der Waals surface area contributed by atoms with E-state index in [1.165, 1.54) is 31.4 Å². The summed E-state index contributed by atoms with van der Waals surface area (Å²) >= 11 is 0. The number of carbonyl (C=O) groups excluding carboxylic acids is 2. The Morgan fingerprint density at radius 2 is 1.72 bits per heavy atom. The average molecular weight is 340 g/mol. The second kappa shape index (κ2) is 5.70. The highest BCUT2D eigenvalue weighted by molar-refractivity contribution is 6.32. The summed E-state index contributed by atoms with van der Waals surface area (Å²) in [7, 11) is 1.53. The molecule has 1 saturated heterocycles. The van der Waals surface area contributed by atoms with Crippen molar-refractivity contribution in [3.8, 4) is 5.75 Å². The standard InChI is InChI=1S/C18H13FN2O4/c1-24-13-8-6-12(7-9-13)21-17(22)14-15(20-25-16(14)18(21)23)10-2-4-11(19)5-3-10/h2-9,14,16H,1H3/t14-,16+/m1/s1. The fourth-order valence-electron chi connectivity index (χ4n) is 3.02. The molecule has 6 nitrogen and oxygen atoms in total. The number of ether oxygens (including phenoxy) is 1. The number of rotatable bonds is 3. The van der Waals surface area contributed by atoms with Crippen LogP contribution in [-0.4, -0.2) is 30.7 Å². The number of fused-ring (bicyclic) bond motifs is 1. The number of nitrogens with zero attached hydrogens (tertiary/aromatic N) is 2. The van der Waals surface area contributed by atoms with E-state index >= 15 is 0 Å². The minimum absolute atomic E-state index is 0.333. The van der Waals surface area contributed by atoms with Crippen LogP contribution >= 0.6 is 0 Å². The highest BCUT2D eigenvalue weighted by Crippen LogP contribution is 2.35. The van der Waals surface area contributed by atoms with Gasteiger partial charge in [0.1, 0.15) is 23.2 Å². The van der Waals surface area contributed by atoms with Crippen molar-refractivity contribution in [2.45, 2.75) is 6.10 Å². The van der Waals surface area contributed by atoms with Gasteiger partial charge in [0, 0.05) is 5.56 Å². The third kappa shape index (κ3) is 2.36. The van der Waals surface area contributed by atoms with Gasteiger partial charge in [-0.15, -0.1) is 0 Å². The van der Waals surface area contributed by atoms with E-state index < -0.39 is 29.7 Å². The van der Waals surface area contributed by atoms with Crippen molar-refractivity contribution < 1.29 is 23.6 Å². The average Bonchev–Trinajstić information content (AvgIpc) is 3.17. The van der Waals surface area contributed by atoms with Gasteiger partial charge in [0.25, 0.3) is 5.91 Å². The van der Waals surface area contributed by atoms with Gasteiger partial charge in [0.2, 0.25) is 12.0 Å². The van der Waals surface area contributed by atoms with Crippen molar-refractivity contribution in [1.82, 2.24) is 0 Å². The molecule has 0 aliphatic carbocycles. The zero-order chi connectivity index (χ0) is 17.6. The Hall–Kier alpha value is -3.22. The first kappa shape index (κ1) is 15.3. The molecule has 0 bridgehead atoms. The summed E-state index contributed by atoms with van der Waals surface area (Å²) in [6, 6.07) is 12.1. The molecule has 0 aromatic heterocycles. The van der Waals surface area contributed by atoms with Crippen molar-refractivity contribution in [3.63, 3.8) is 0 Å². The molecule has 0 spiro atoms. The Morgan fingerprint density at radius 1 is 1.04 bits per heavy atom. The number of halogens is 1. The number of methoxy groups -OCH3 is 1. The van der Waals surface area contributed by atoms with Crippen LogP contribution in [0.5, 0.6) is 5.75 Å². The quantitative estimate of drug-likeness (QED) is 0.803. The van der Waals surface area contributed by atoms with Crippen molar-refractivity contribution in [3.05, 3.63) is 59.9 Å². The Labute approximate surface area is 142 Å². The van der Waals surface area contributed by atoms with Gasteiger partial charge in [0.15, 0.2) is 0 Å². The van der Waals surface area contributed by atoms with E-state index in [9.17, 15) is 14.0 Å². The van der Waals surface area contributed by atoms with Gasteiger partial charge in [-0.3, -0.25) is 9.59 Å². The Bertz CT molecular complexity index is 877. The molecule has 0 N–H and O–H groups in total. The van der Waals surface area contributed by atoms with E-state index in [0.29, 0.717) is 22.7 Å². The lowest BCUT2D eigenvalue weighted by Gasteiger charge is -2.15. The number of imide groups is 1. The summed E-state index contributed by atoms with van der Waals surface area (Å²) in [6.07, 6.45) is -0.991. The van der Waals surface area contributed by atoms with E-state index in [0.717, 1.165) is 4.90 Å². The highest BCUT2D eigenvalue weighted by Gasteiger charge is 2.56. The molecule has 2 heterocycles. The molecule has 25 heavy (non-hydrogen) atoms. The summed E-state index contributed by atoms with van der Waals surface area (Å²) in [4.78, 5) is 31.7. The molecule has 4 rings (SSSR count). The van der Waals surface area contributed by atoms with E-state index in [2.05, 4.69) is 5.16 Å². The molecular formula is C18H13FN2O4. The third-order valence-corrected chi connectivity index (χ3v) is 4.28. The second-order valence-corrected chi connectivity index (χ2v) is 5.70. The fraction of sp³-hybridized carbons (Fsp3) is 0.167. The largest absolute Gasteiger partial charge is 0.497 e. The summed E-state index contributed by atoms with van der Waals surface area (Å²) in [5.41, 5.74) is 1.32. The number of benzene rings is 2. The Balaban J connectivity index is 1.67. The van der Waals surface area contributed by atoms with Crippen LogP contribution in [0.15, 0.2) is 53.7 Å². The van der Waals surface area contributed by atoms with E-state index in [-0.39, 0.29) is 0 Å².